The smallest absolute Gasteiger partial charge is 0.262 e. The zero-order chi connectivity index (χ0) is 19.4. The monoisotopic (exact) mass is 419 g/mol. The maximum absolute atomic E-state index is 12.8. The molecule has 0 saturated carbocycles. The molecule has 0 fully saturated rings. The van der Waals surface area contributed by atoms with Crippen LogP contribution in [-0.4, -0.2) is 33.2 Å². The Morgan fingerprint density at radius 3 is 2.96 bits per heavy atom. The fourth-order valence-electron chi connectivity index (χ4n) is 2.54. The van der Waals surface area contributed by atoms with Crippen LogP contribution >= 0.6 is 34.7 Å². The highest BCUT2D eigenvalue weighted by Crippen LogP contribution is 2.21. The molecule has 140 valence electrons. The molecule has 0 saturated heterocycles. The van der Waals surface area contributed by atoms with Crippen molar-refractivity contribution in [3.63, 3.8) is 0 Å². The fourth-order valence-corrected chi connectivity index (χ4v) is 4.41. The summed E-state index contributed by atoms with van der Waals surface area (Å²) in [5, 5.41) is 3.47. The first-order chi connectivity index (χ1) is 13.0. The van der Waals surface area contributed by atoms with Crippen molar-refractivity contribution in [1.29, 1.82) is 0 Å². The molecule has 1 aromatic carbocycles. The van der Waals surface area contributed by atoms with E-state index < -0.39 is 0 Å². The van der Waals surface area contributed by atoms with Crippen molar-refractivity contribution >= 4 is 51.5 Å². The van der Waals surface area contributed by atoms with E-state index in [1.54, 1.807) is 47.6 Å². The summed E-state index contributed by atoms with van der Waals surface area (Å²) in [6.07, 6.45) is 1.64. The number of carbonyl (C=O) groups is 1. The van der Waals surface area contributed by atoms with Gasteiger partial charge in [0.25, 0.3) is 5.56 Å². The molecule has 0 N–H and O–H groups in total. The Balaban J connectivity index is 1.82. The zero-order valence-corrected chi connectivity index (χ0v) is 17.1. The Labute approximate surface area is 170 Å². The van der Waals surface area contributed by atoms with E-state index in [-0.39, 0.29) is 17.2 Å². The highest BCUT2D eigenvalue weighted by atomic mass is 35.5. The first-order valence-electron chi connectivity index (χ1n) is 8.19. The zero-order valence-electron chi connectivity index (χ0n) is 14.7. The molecule has 2 aromatic heterocycles. The highest BCUT2D eigenvalue weighted by molar-refractivity contribution is 7.99. The number of nitrogens with zero attached hydrogens (tertiary/aromatic N) is 3. The molecule has 0 atom stereocenters. The molecule has 0 radical (unpaired) electrons. The van der Waals surface area contributed by atoms with Gasteiger partial charge in [0, 0.05) is 23.5 Å². The van der Waals surface area contributed by atoms with Gasteiger partial charge in [-0.15, -0.1) is 17.9 Å². The number of halogens is 1. The molecule has 3 rings (SSSR count). The number of thiophene rings is 1. The van der Waals surface area contributed by atoms with E-state index in [1.807, 2.05) is 17.5 Å². The minimum atomic E-state index is -0.168. The number of hydrogen-bond acceptors (Lipinski definition) is 5. The Morgan fingerprint density at radius 2 is 2.26 bits per heavy atom. The number of amides is 1. The predicted octanol–water partition coefficient (Wildman–Crippen LogP) is 4.05. The second-order valence-electron chi connectivity index (χ2n) is 5.88. The maximum Gasteiger partial charge on any atom is 0.262 e. The lowest BCUT2D eigenvalue weighted by Crippen LogP contribution is -2.28. The summed E-state index contributed by atoms with van der Waals surface area (Å²) in [7, 11) is 1.77. The summed E-state index contributed by atoms with van der Waals surface area (Å²) < 4.78 is 1.53. The Kier molecular flexibility index (Phi) is 6.36. The first kappa shape index (κ1) is 19.7. The average molecular weight is 420 g/mol. The highest BCUT2D eigenvalue weighted by Gasteiger charge is 2.15. The van der Waals surface area contributed by atoms with Crippen LogP contribution in [0.3, 0.4) is 0 Å². The van der Waals surface area contributed by atoms with Crippen molar-refractivity contribution in [2.75, 3.05) is 12.8 Å². The summed E-state index contributed by atoms with van der Waals surface area (Å²) in [5.74, 6) is 0.163. The number of aromatic nitrogens is 2. The van der Waals surface area contributed by atoms with Crippen LogP contribution in [0.5, 0.6) is 0 Å². The lowest BCUT2D eigenvalue weighted by Gasteiger charge is -2.17. The fraction of sp³-hybridized carbons (Fsp3) is 0.211. The Morgan fingerprint density at radius 1 is 1.44 bits per heavy atom. The molecule has 0 bridgehead atoms. The quantitative estimate of drug-likeness (QED) is 0.329. The molecule has 1 amide bonds. The van der Waals surface area contributed by atoms with E-state index in [2.05, 4.69) is 11.6 Å². The number of thioether (sulfide) groups is 1. The summed E-state index contributed by atoms with van der Waals surface area (Å²) in [4.78, 5) is 32.6. The van der Waals surface area contributed by atoms with E-state index in [4.69, 9.17) is 11.6 Å². The number of carbonyl (C=O) groups excluding carboxylic acids is 1. The summed E-state index contributed by atoms with van der Waals surface area (Å²) in [6, 6.07) is 8.95. The van der Waals surface area contributed by atoms with Crippen molar-refractivity contribution in [2.24, 2.45) is 0 Å². The largest absolute Gasteiger partial charge is 0.340 e. The number of fused-ring (bicyclic) bond motifs is 1. The van der Waals surface area contributed by atoms with Crippen molar-refractivity contribution in [3.8, 4) is 0 Å². The molecule has 27 heavy (non-hydrogen) atoms. The van der Waals surface area contributed by atoms with Crippen LogP contribution < -0.4 is 5.56 Å². The standard InChI is InChI=1S/C19H18ClN3O2S2/c1-3-8-23-18(25)15-7-6-13(20)10-16(15)21-19(23)27-12-17(24)22(2)11-14-5-4-9-26-14/h3-7,9-10H,1,8,11-12H2,2H3. The Bertz CT molecular complexity index is 1030. The minimum Gasteiger partial charge on any atom is -0.340 e. The molecule has 0 aliphatic carbocycles. The van der Waals surface area contributed by atoms with Crippen LogP contribution in [0.4, 0.5) is 0 Å². The minimum absolute atomic E-state index is 0.0287. The molecule has 0 aliphatic rings. The lowest BCUT2D eigenvalue weighted by molar-refractivity contribution is -0.127. The molecular weight excluding hydrogens is 402 g/mol. The number of hydrogen-bond donors (Lipinski definition) is 0. The van der Waals surface area contributed by atoms with Crippen LogP contribution in [0.25, 0.3) is 10.9 Å². The normalized spacial score (nSPS) is 10.9. The molecule has 5 nitrogen and oxygen atoms in total. The van der Waals surface area contributed by atoms with Gasteiger partial charge in [-0.05, 0) is 29.6 Å². The molecule has 3 aromatic rings. The van der Waals surface area contributed by atoms with Gasteiger partial charge in [-0.2, -0.15) is 0 Å². The third-order valence-electron chi connectivity index (χ3n) is 3.92. The van der Waals surface area contributed by atoms with Gasteiger partial charge in [0.05, 0.1) is 23.2 Å². The van der Waals surface area contributed by atoms with Gasteiger partial charge in [0.1, 0.15) is 0 Å². The summed E-state index contributed by atoms with van der Waals surface area (Å²) in [5.41, 5.74) is 0.355. The number of benzene rings is 1. The molecular formula is C19H18ClN3O2S2. The molecule has 0 spiro atoms. The van der Waals surface area contributed by atoms with Crippen molar-refractivity contribution in [1.82, 2.24) is 14.5 Å². The predicted molar refractivity (Wildman–Crippen MR) is 113 cm³/mol. The van der Waals surface area contributed by atoms with Gasteiger partial charge < -0.3 is 4.90 Å². The first-order valence-corrected chi connectivity index (χ1v) is 10.4. The van der Waals surface area contributed by atoms with E-state index in [0.717, 1.165) is 4.88 Å². The van der Waals surface area contributed by atoms with Gasteiger partial charge >= 0.3 is 0 Å². The van der Waals surface area contributed by atoms with E-state index in [1.165, 1.54) is 16.3 Å². The van der Waals surface area contributed by atoms with Crippen molar-refractivity contribution < 1.29 is 4.79 Å². The van der Waals surface area contributed by atoms with E-state index in [0.29, 0.717) is 34.2 Å². The second kappa shape index (κ2) is 8.73. The number of allylic oxidation sites excluding steroid dienone is 1. The van der Waals surface area contributed by atoms with Crippen LogP contribution in [0.1, 0.15) is 4.88 Å². The van der Waals surface area contributed by atoms with Gasteiger partial charge in [-0.1, -0.05) is 35.5 Å². The second-order valence-corrected chi connectivity index (χ2v) is 8.29. The molecule has 2 heterocycles. The van der Waals surface area contributed by atoms with Gasteiger partial charge in [-0.3, -0.25) is 14.2 Å². The van der Waals surface area contributed by atoms with E-state index >= 15 is 0 Å². The van der Waals surface area contributed by atoms with Gasteiger partial charge in [-0.25, -0.2) is 4.98 Å². The topological polar surface area (TPSA) is 55.2 Å². The van der Waals surface area contributed by atoms with Crippen LogP contribution in [0.15, 0.2) is 58.3 Å². The lowest BCUT2D eigenvalue weighted by atomic mass is 10.2. The van der Waals surface area contributed by atoms with Gasteiger partial charge in [0.2, 0.25) is 5.91 Å². The van der Waals surface area contributed by atoms with Crippen LogP contribution in [0.2, 0.25) is 5.02 Å². The van der Waals surface area contributed by atoms with Crippen LogP contribution in [0, 0.1) is 0 Å². The third-order valence-corrected chi connectivity index (χ3v) is 5.98. The Hall–Kier alpha value is -2.09. The van der Waals surface area contributed by atoms with Crippen LogP contribution in [-0.2, 0) is 17.9 Å². The summed E-state index contributed by atoms with van der Waals surface area (Å²) >= 11 is 8.89. The van der Waals surface area contributed by atoms with Crippen molar-refractivity contribution in [2.45, 2.75) is 18.2 Å². The van der Waals surface area contributed by atoms with Gasteiger partial charge in [0.15, 0.2) is 5.16 Å². The molecule has 0 aliphatic heterocycles. The maximum atomic E-state index is 12.8. The molecule has 8 heteroatoms. The summed E-state index contributed by atoms with van der Waals surface area (Å²) in [6.45, 7) is 4.60. The SMILES string of the molecule is C=CCn1c(SCC(=O)N(C)Cc2cccs2)nc2cc(Cl)ccc2c1=O. The average Bonchev–Trinajstić information content (AvgIpc) is 3.15. The molecule has 0 unspecified atom stereocenters. The number of rotatable bonds is 7. The van der Waals surface area contributed by atoms with Crippen molar-refractivity contribution in [3.05, 3.63) is 68.6 Å². The third kappa shape index (κ3) is 4.61. The van der Waals surface area contributed by atoms with E-state index in [9.17, 15) is 9.59 Å².